The van der Waals surface area contributed by atoms with Gasteiger partial charge in [-0.3, -0.25) is 0 Å². The molecule has 4 heteroatoms. The summed E-state index contributed by atoms with van der Waals surface area (Å²) in [5.74, 6) is 0. The van der Waals surface area contributed by atoms with Crippen molar-refractivity contribution in [1.29, 1.82) is 0 Å². The largest absolute Gasteiger partial charge is 1.00 e. The number of quaternary nitrogens is 2. The number of unbranched alkanes of at least 4 members (excludes halogenated alkanes) is 8. The van der Waals surface area contributed by atoms with Gasteiger partial charge in [0.1, 0.15) is 0 Å². The van der Waals surface area contributed by atoms with Crippen molar-refractivity contribution in [2.24, 2.45) is 0 Å². The first-order chi connectivity index (χ1) is 17.9. The predicted molar refractivity (Wildman–Crippen MR) is 175 cm³/mol. The van der Waals surface area contributed by atoms with E-state index >= 15 is 0 Å². The maximum absolute atomic E-state index is 8.93. The molecule has 0 N–H and O–H groups in total. The third-order valence-corrected chi connectivity index (χ3v) is 7.89. The van der Waals surface area contributed by atoms with E-state index in [1.807, 2.05) is 0 Å². The lowest BCUT2D eigenvalue weighted by atomic mass is 10.1. The zero-order chi connectivity index (χ0) is 28.7. The van der Waals surface area contributed by atoms with Crippen molar-refractivity contribution < 1.29 is 14.1 Å². The molecule has 0 aliphatic rings. The van der Waals surface area contributed by atoms with Crippen LogP contribution in [0.5, 0.6) is 0 Å². The van der Waals surface area contributed by atoms with E-state index in [1.54, 1.807) is 6.92 Å². The molecule has 0 aliphatic heterocycles. The second-order valence-electron chi connectivity index (χ2n) is 11.6. The van der Waals surface area contributed by atoms with E-state index in [4.69, 9.17) is 5.11 Å². The molecule has 0 rings (SSSR count). The van der Waals surface area contributed by atoms with Crippen LogP contribution in [0.2, 0.25) is 0 Å². The molecule has 0 amide bonds. The monoisotopic (exact) mass is 541 g/mol. The Morgan fingerprint density at radius 2 is 0.421 bits per heavy atom. The summed E-state index contributed by atoms with van der Waals surface area (Å²) in [6.07, 6.45) is 22.1. The van der Waals surface area contributed by atoms with Gasteiger partial charge in [-0.1, -0.05) is 114 Å². The zero-order valence-corrected chi connectivity index (χ0v) is 28.6. The van der Waals surface area contributed by atoms with Crippen LogP contribution >= 0.6 is 0 Å². The molecule has 0 saturated heterocycles. The summed E-state index contributed by atoms with van der Waals surface area (Å²) in [5.41, 5.74) is 0. The van der Waals surface area contributed by atoms with Crippen LogP contribution in [-0.2, 0) is 0 Å². The fourth-order valence-corrected chi connectivity index (χ4v) is 5.29. The van der Waals surface area contributed by atoms with Crippen molar-refractivity contribution in [3.8, 4) is 0 Å². The van der Waals surface area contributed by atoms with Gasteiger partial charge in [0.15, 0.2) is 0 Å². The van der Waals surface area contributed by atoms with Crippen molar-refractivity contribution in [1.82, 2.24) is 0 Å². The Morgan fingerprint density at radius 1 is 0.316 bits per heavy atom. The molecule has 0 atom stereocenters. The summed E-state index contributed by atoms with van der Waals surface area (Å²) in [7, 11) is 0. The van der Waals surface area contributed by atoms with Gasteiger partial charge in [0.25, 0.3) is 0 Å². The third kappa shape index (κ3) is 27.5. The lowest BCUT2D eigenvalue weighted by Gasteiger charge is -2.39. The number of hydrogen-bond acceptors (Lipinski definition) is 1. The molecule has 232 valence electrons. The van der Waals surface area contributed by atoms with E-state index in [9.17, 15) is 0 Å². The topological polar surface area (TPSA) is 23.1 Å². The summed E-state index contributed by atoms with van der Waals surface area (Å²) in [5, 5.41) is 8.93. The Balaban J connectivity index is -0.000000269. The predicted octanol–water partition coefficient (Wildman–Crippen LogP) is 8.99. The molecule has 3 nitrogen and oxygen atoms in total. The molecule has 0 heterocycles. The molecular weight excluding hydrogens is 463 g/mol. The van der Waals surface area contributed by atoms with Gasteiger partial charge in [-0.2, -0.15) is 0 Å². The molecule has 0 spiro atoms. The second-order valence-corrected chi connectivity index (χ2v) is 11.6. The SMILES string of the molecule is CCCC[N+](CCCC)(CCCC)CCCC.CCCC[N+](CCCC)(CCCC)CCCC.CC[O-].[B-]. The minimum absolute atomic E-state index is 0. The minimum atomic E-state index is 0. The normalized spacial score (nSPS) is 11.2. The Bertz CT molecular complexity index is 295. The Morgan fingerprint density at radius 3 is 0.500 bits per heavy atom. The van der Waals surface area contributed by atoms with Crippen molar-refractivity contribution in [2.45, 2.75) is 165 Å². The lowest BCUT2D eigenvalue weighted by Crippen LogP contribution is -2.50. The summed E-state index contributed by atoms with van der Waals surface area (Å²) < 4.78 is 2.84. The van der Waals surface area contributed by atoms with Gasteiger partial charge in [-0.25, -0.2) is 0 Å². The quantitative estimate of drug-likeness (QED) is 0.0885. The minimum Gasteiger partial charge on any atom is -1.00 e. The van der Waals surface area contributed by atoms with Crippen LogP contribution in [0.1, 0.15) is 165 Å². The first kappa shape index (κ1) is 44.9. The van der Waals surface area contributed by atoms with Gasteiger partial charge in [0, 0.05) is 0 Å². The van der Waals surface area contributed by atoms with Crippen molar-refractivity contribution >= 4 is 8.41 Å². The fraction of sp³-hybridized carbons (Fsp3) is 1.00. The summed E-state index contributed by atoms with van der Waals surface area (Å²) in [6, 6.07) is 0. The van der Waals surface area contributed by atoms with Gasteiger partial charge in [0.05, 0.1) is 52.4 Å². The van der Waals surface area contributed by atoms with Crippen LogP contribution in [0.3, 0.4) is 0 Å². The molecule has 0 saturated carbocycles. The molecule has 0 bridgehead atoms. The van der Waals surface area contributed by atoms with E-state index in [-0.39, 0.29) is 15.0 Å². The average molecular weight is 541 g/mol. The van der Waals surface area contributed by atoms with Gasteiger partial charge >= 0.3 is 0 Å². The van der Waals surface area contributed by atoms with Crippen LogP contribution < -0.4 is 5.11 Å². The molecule has 4 radical (unpaired) electrons. The van der Waals surface area contributed by atoms with Crippen LogP contribution in [-0.4, -0.2) is 76.3 Å². The van der Waals surface area contributed by atoms with Crippen molar-refractivity contribution in [2.75, 3.05) is 59.0 Å². The second kappa shape index (κ2) is 35.0. The Kier molecular flexibility index (Phi) is 41.4. The molecule has 0 aliphatic carbocycles. The van der Waals surface area contributed by atoms with Crippen molar-refractivity contribution in [3.05, 3.63) is 0 Å². The first-order valence-electron chi connectivity index (χ1n) is 17.2. The van der Waals surface area contributed by atoms with E-state index in [0.717, 1.165) is 0 Å². The Labute approximate surface area is 246 Å². The average Bonchev–Trinajstić information content (AvgIpc) is 2.92. The smallest absolute Gasteiger partial charge is 0.0786 e. The summed E-state index contributed by atoms with van der Waals surface area (Å²) >= 11 is 0. The van der Waals surface area contributed by atoms with Crippen LogP contribution in [0.15, 0.2) is 0 Å². The molecule has 0 aromatic heterocycles. The van der Waals surface area contributed by atoms with E-state index in [0.29, 0.717) is 0 Å². The first-order valence-corrected chi connectivity index (χ1v) is 17.2. The van der Waals surface area contributed by atoms with Crippen molar-refractivity contribution in [3.63, 3.8) is 0 Å². The number of rotatable bonds is 24. The molecule has 0 fully saturated rings. The van der Waals surface area contributed by atoms with Gasteiger partial charge in [-0.15, -0.1) is 6.61 Å². The van der Waals surface area contributed by atoms with Crippen LogP contribution in [0.4, 0.5) is 0 Å². The van der Waals surface area contributed by atoms with E-state index in [2.05, 4.69) is 55.4 Å². The zero-order valence-electron chi connectivity index (χ0n) is 28.6. The molecule has 0 unspecified atom stereocenters. The summed E-state index contributed by atoms with van der Waals surface area (Å²) in [6.45, 7) is 31.6. The molecule has 0 aromatic rings. The number of hydrogen-bond donors (Lipinski definition) is 0. The van der Waals surface area contributed by atoms with E-state index < -0.39 is 0 Å². The third-order valence-electron chi connectivity index (χ3n) is 7.89. The maximum Gasteiger partial charge on any atom is 0.0786 e. The van der Waals surface area contributed by atoms with Gasteiger partial charge < -0.3 is 22.5 Å². The number of nitrogens with zero attached hydrogens (tertiary/aromatic N) is 2. The van der Waals surface area contributed by atoms with E-state index in [1.165, 1.54) is 164 Å². The molecule has 0 aromatic carbocycles. The Hall–Kier alpha value is -0.0551. The lowest BCUT2D eigenvalue weighted by molar-refractivity contribution is -0.929. The summed E-state index contributed by atoms with van der Waals surface area (Å²) in [4.78, 5) is 0. The van der Waals surface area contributed by atoms with Gasteiger partial charge in [-0.05, 0) is 51.4 Å². The fourth-order valence-electron chi connectivity index (χ4n) is 5.29. The van der Waals surface area contributed by atoms with Crippen LogP contribution in [0.25, 0.3) is 0 Å². The van der Waals surface area contributed by atoms with Gasteiger partial charge in [0.2, 0.25) is 0 Å². The highest BCUT2D eigenvalue weighted by Gasteiger charge is 2.25. The maximum atomic E-state index is 8.93. The highest BCUT2D eigenvalue weighted by Crippen LogP contribution is 2.17. The van der Waals surface area contributed by atoms with Crippen LogP contribution in [0, 0.1) is 0 Å². The highest BCUT2D eigenvalue weighted by atomic mass is 16.2. The molecular formula is C34H77BN2O. The standard InChI is InChI=1S/2C16H36N.C2H5O.B/c2*1-5-9-13-17(14-10-6-2,15-11-7-3)16-12-8-4;1-2-3;/h2*5-16H2,1-4H3;2H2,1H3;/q2*+1;2*-1. The molecule has 38 heavy (non-hydrogen) atoms. The highest BCUT2D eigenvalue weighted by molar-refractivity contribution is 5.75.